The summed E-state index contributed by atoms with van der Waals surface area (Å²) in [5, 5.41) is 0. The number of allylic oxidation sites excluding steroid dienone is 3. The summed E-state index contributed by atoms with van der Waals surface area (Å²) >= 11 is 0. The lowest BCUT2D eigenvalue weighted by Crippen LogP contribution is -1.93. The summed E-state index contributed by atoms with van der Waals surface area (Å²) in [7, 11) is 0. The van der Waals surface area contributed by atoms with Crippen molar-refractivity contribution in [2.45, 2.75) is 26.2 Å². The van der Waals surface area contributed by atoms with Gasteiger partial charge in [-0.1, -0.05) is 18.2 Å². The highest BCUT2D eigenvalue weighted by molar-refractivity contribution is 5.79. The highest BCUT2D eigenvalue weighted by Crippen LogP contribution is 1.96. The van der Waals surface area contributed by atoms with Crippen molar-refractivity contribution in [3.8, 4) is 0 Å². The van der Waals surface area contributed by atoms with Crippen LogP contribution in [-0.2, 0) is 4.79 Å². The van der Waals surface area contributed by atoms with E-state index in [0.717, 1.165) is 6.42 Å². The van der Waals surface area contributed by atoms with E-state index in [9.17, 15) is 4.79 Å². The van der Waals surface area contributed by atoms with Gasteiger partial charge in [0.25, 0.3) is 0 Å². The van der Waals surface area contributed by atoms with Crippen LogP contribution in [0, 0.1) is 0 Å². The number of Topliss-reactive ketones (excluding diaryl/α,β-unsaturated/α-hetero) is 1. The van der Waals surface area contributed by atoms with Crippen molar-refractivity contribution in [1.82, 2.24) is 0 Å². The van der Waals surface area contributed by atoms with Crippen molar-refractivity contribution >= 4 is 5.78 Å². The number of hydrogen-bond donors (Lipinski definition) is 0. The van der Waals surface area contributed by atoms with Crippen molar-refractivity contribution in [2.24, 2.45) is 0 Å². The molecule has 0 aliphatic rings. The zero-order chi connectivity index (χ0) is 7.82. The fourth-order valence-corrected chi connectivity index (χ4v) is 0.614. The first-order chi connectivity index (χ1) is 4.81. The lowest BCUT2D eigenvalue weighted by atomic mass is 10.1. The molecule has 1 heteroatoms. The smallest absolute Gasteiger partial charge is 0.136 e. The van der Waals surface area contributed by atoms with Gasteiger partial charge in [-0.3, -0.25) is 4.79 Å². The summed E-state index contributed by atoms with van der Waals surface area (Å²) in [6.07, 6.45) is 7.55. The third kappa shape index (κ3) is 5.29. The first-order valence-electron chi connectivity index (χ1n) is 3.55. The zero-order valence-corrected chi connectivity index (χ0v) is 6.47. The van der Waals surface area contributed by atoms with Gasteiger partial charge in [0.1, 0.15) is 5.78 Å². The first-order valence-corrected chi connectivity index (χ1v) is 3.55. The maximum absolute atomic E-state index is 10.9. The molecule has 0 aromatic carbocycles. The molecule has 0 heterocycles. The Morgan fingerprint density at radius 2 is 2.30 bits per heavy atom. The van der Waals surface area contributed by atoms with Crippen molar-refractivity contribution in [1.29, 1.82) is 0 Å². The van der Waals surface area contributed by atoms with Crippen molar-refractivity contribution in [3.63, 3.8) is 0 Å². The van der Waals surface area contributed by atoms with E-state index >= 15 is 0 Å². The molecular formula is C9H14O. The molecule has 0 atom stereocenters. The molecule has 56 valence electrons. The standard InChI is InChI=1S/C9H14O/c1-3-5-7-9(10)8-6-4-2/h3-4,6H,1,5,7-8H2,2H3/b6-4+. The molecule has 0 radical (unpaired) electrons. The molecule has 0 amide bonds. The average molecular weight is 138 g/mol. The van der Waals surface area contributed by atoms with E-state index in [1.165, 1.54) is 0 Å². The van der Waals surface area contributed by atoms with E-state index in [0.29, 0.717) is 12.8 Å². The fraction of sp³-hybridized carbons (Fsp3) is 0.444. The van der Waals surface area contributed by atoms with Gasteiger partial charge in [0.05, 0.1) is 0 Å². The van der Waals surface area contributed by atoms with Crippen LogP contribution in [0.5, 0.6) is 0 Å². The summed E-state index contributed by atoms with van der Waals surface area (Å²) in [5.41, 5.74) is 0. The zero-order valence-electron chi connectivity index (χ0n) is 6.47. The minimum Gasteiger partial charge on any atom is -0.299 e. The van der Waals surface area contributed by atoms with Gasteiger partial charge in [0, 0.05) is 12.8 Å². The first kappa shape index (κ1) is 9.15. The minimum atomic E-state index is 0.290. The Morgan fingerprint density at radius 1 is 1.60 bits per heavy atom. The second-order valence-corrected chi connectivity index (χ2v) is 2.14. The Labute approximate surface area is 62.4 Å². The predicted molar refractivity (Wildman–Crippen MR) is 43.9 cm³/mol. The molecular weight excluding hydrogens is 124 g/mol. The van der Waals surface area contributed by atoms with Gasteiger partial charge in [0.2, 0.25) is 0 Å². The van der Waals surface area contributed by atoms with E-state index in [4.69, 9.17) is 0 Å². The van der Waals surface area contributed by atoms with Crippen LogP contribution in [0.15, 0.2) is 24.8 Å². The van der Waals surface area contributed by atoms with Crippen LogP contribution in [0.3, 0.4) is 0 Å². The third-order valence-corrected chi connectivity index (χ3v) is 1.21. The molecule has 0 spiro atoms. The average Bonchev–Trinajstić information content (AvgIpc) is 1.97. The van der Waals surface area contributed by atoms with Crippen molar-refractivity contribution in [3.05, 3.63) is 24.8 Å². The molecule has 0 rings (SSSR count). The van der Waals surface area contributed by atoms with Crippen molar-refractivity contribution < 1.29 is 4.79 Å². The Hall–Kier alpha value is -0.850. The molecule has 0 N–H and O–H groups in total. The van der Waals surface area contributed by atoms with Crippen molar-refractivity contribution in [2.75, 3.05) is 0 Å². The maximum Gasteiger partial charge on any atom is 0.136 e. The highest BCUT2D eigenvalue weighted by atomic mass is 16.1. The number of ketones is 1. The lowest BCUT2D eigenvalue weighted by Gasteiger charge is -1.90. The summed E-state index contributed by atoms with van der Waals surface area (Å²) in [6, 6.07) is 0. The molecule has 0 saturated heterocycles. The molecule has 1 nitrogen and oxygen atoms in total. The van der Waals surface area contributed by atoms with Gasteiger partial charge in [-0.05, 0) is 13.3 Å². The van der Waals surface area contributed by atoms with E-state index in [1.54, 1.807) is 6.08 Å². The van der Waals surface area contributed by atoms with Gasteiger partial charge in [-0.15, -0.1) is 6.58 Å². The van der Waals surface area contributed by atoms with Crippen LogP contribution in [-0.4, -0.2) is 5.78 Å². The minimum absolute atomic E-state index is 0.290. The Kier molecular flexibility index (Phi) is 5.74. The molecule has 0 aromatic rings. The normalized spacial score (nSPS) is 10.1. The molecule has 0 saturated carbocycles. The SMILES string of the molecule is C=CCCC(=O)C/C=C/C. The molecule has 0 bridgehead atoms. The fourth-order valence-electron chi connectivity index (χ4n) is 0.614. The highest BCUT2D eigenvalue weighted by Gasteiger charge is 1.94. The van der Waals surface area contributed by atoms with Gasteiger partial charge in [-0.25, -0.2) is 0 Å². The quantitative estimate of drug-likeness (QED) is 0.533. The Bertz CT molecular complexity index is 134. The van der Waals surface area contributed by atoms with Crippen LogP contribution in [0.25, 0.3) is 0 Å². The molecule has 0 fully saturated rings. The van der Waals surface area contributed by atoms with Gasteiger partial charge in [0.15, 0.2) is 0 Å². The second kappa shape index (κ2) is 6.27. The Balaban J connectivity index is 3.34. The molecule has 0 aliphatic heterocycles. The van der Waals surface area contributed by atoms with E-state index in [1.807, 2.05) is 19.1 Å². The van der Waals surface area contributed by atoms with E-state index in [-0.39, 0.29) is 5.78 Å². The van der Waals surface area contributed by atoms with Gasteiger partial charge < -0.3 is 0 Å². The van der Waals surface area contributed by atoms with E-state index in [2.05, 4.69) is 6.58 Å². The third-order valence-electron chi connectivity index (χ3n) is 1.21. The lowest BCUT2D eigenvalue weighted by molar-refractivity contribution is -0.118. The predicted octanol–water partition coefficient (Wildman–Crippen LogP) is 2.49. The molecule has 0 aromatic heterocycles. The number of carbonyl (C=O) groups excluding carboxylic acids is 1. The summed E-state index contributed by atoms with van der Waals surface area (Å²) in [5.74, 6) is 0.290. The Morgan fingerprint density at radius 3 is 2.80 bits per heavy atom. The number of carbonyl (C=O) groups is 1. The summed E-state index contributed by atoms with van der Waals surface area (Å²) < 4.78 is 0. The van der Waals surface area contributed by atoms with E-state index < -0.39 is 0 Å². The van der Waals surface area contributed by atoms with Gasteiger partial charge >= 0.3 is 0 Å². The largest absolute Gasteiger partial charge is 0.299 e. The van der Waals surface area contributed by atoms with Crippen LogP contribution in [0.1, 0.15) is 26.2 Å². The van der Waals surface area contributed by atoms with Crippen LogP contribution in [0.2, 0.25) is 0 Å². The summed E-state index contributed by atoms with van der Waals surface area (Å²) in [6.45, 7) is 5.46. The number of hydrogen-bond acceptors (Lipinski definition) is 1. The van der Waals surface area contributed by atoms with Gasteiger partial charge in [-0.2, -0.15) is 0 Å². The maximum atomic E-state index is 10.9. The topological polar surface area (TPSA) is 17.1 Å². The van der Waals surface area contributed by atoms with Crippen LogP contribution in [0.4, 0.5) is 0 Å². The molecule has 10 heavy (non-hydrogen) atoms. The summed E-state index contributed by atoms with van der Waals surface area (Å²) in [4.78, 5) is 10.9. The monoisotopic (exact) mass is 138 g/mol. The van der Waals surface area contributed by atoms with Crippen LogP contribution < -0.4 is 0 Å². The number of rotatable bonds is 5. The van der Waals surface area contributed by atoms with Crippen LogP contribution >= 0.6 is 0 Å². The second-order valence-electron chi connectivity index (χ2n) is 2.14. The molecule has 0 unspecified atom stereocenters. The molecule has 0 aliphatic carbocycles.